The summed E-state index contributed by atoms with van der Waals surface area (Å²) in [5, 5.41) is 2.56. The van der Waals surface area contributed by atoms with Gasteiger partial charge in [0.1, 0.15) is 5.82 Å². The second kappa shape index (κ2) is 9.55. The number of carbonyl (C=O) groups is 2. The van der Waals surface area contributed by atoms with Crippen molar-refractivity contribution in [1.29, 1.82) is 0 Å². The van der Waals surface area contributed by atoms with Crippen LogP contribution in [0.25, 0.3) is 10.9 Å². The summed E-state index contributed by atoms with van der Waals surface area (Å²) in [5.74, 6) is -1.50. The van der Waals surface area contributed by atoms with Crippen LogP contribution in [0.3, 0.4) is 0 Å². The summed E-state index contributed by atoms with van der Waals surface area (Å²) >= 11 is 0. The van der Waals surface area contributed by atoms with E-state index in [-0.39, 0.29) is 55.0 Å². The average Bonchev–Trinajstić information content (AvgIpc) is 3.31. The van der Waals surface area contributed by atoms with Crippen LogP contribution in [0, 0.1) is 5.82 Å². The summed E-state index contributed by atoms with van der Waals surface area (Å²) in [6.07, 6.45) is 0.390. The van der Waals surface area contributed by atoms with E-state index in [1.165, 1.54) is 15.5 Å². The third-order valence-corrected chi connectivity index (χ3v) is 6.10. The minimum absolute atomic E-state index is 0.0720. The molecule has 3 N–H and O–H groups in total. The highest BCUT2D eigenvalue weighted by Crippen LogP contribution is 2.23. The second-order valence-electron chi connectivity index (χ2n) is 8.78. The first-order valence-corrected chi connectivity index (χ1v) is 11.2. The molecule has 3 heterocycles. The number of ether oxygens (including phenoxy) is 2. The summed E-state index contributed by atoms with van der Waals surface area (Å²) < 4.78 is 28.3. The number of halogens is 1. The van der Waals surface area contributed by atoms with E-state index in [1.54, 1.807) is 13.8 Å². The number of rotatable bonds is 5. The third-order valence-electron chi connectivity index (χ3n) is 6.10. The highest BCUT2D eigenvalue weighted by atomic mass is 19.1. The number of hydrogen-bond donors (Lipinski definition) is 2. The molecule has 1 aromatic carbocycles. The quantitative estimate of drug-likeness (QED) is 0.653. The number of primary amides is 1. The number of carbonyl (C=O) groups excluding carboxylic acids is 2. The van der Waals surface area contributed by atoms with Gasteiger partial charge in [0.05, 0.1) is 42.4 Å². The molecule has 3 amide bonds. The van der Waals surface area contributed by atoms with E-state index in [1.807, 2.05) is 0 Å². The van der Waals surface area contributed by atoms with Crippen LogP contribution in [0.4, 0.5) is 14.9 Å². The Morgan fingerprint density at radius 2 is 2.00 bits per heavy atom. The van der Waals surface area contributed by atoms with Gasteiger partial charge >= 0.3 is 11.7 Å². The third kappa shape index (κ3) is 4.55. The van der Waals surface area contributed by atoms with Crippen molar-refractivity contribution in [3.63, 3.8) is 0 Å². The molecular weight excluding hydrogens is 449 g/mol. The maximum Gasteiger partial charge on any atom is 0.331 e. The largest absolute Gasteiger partial charge is 0.376 e. The summed E-state index contributed by atoms with van der Waals surface area (Å²) in [6.45, 7) is 4.43. The summed E-state index contributed by atoms with van der Waals surface area (Å²) in [7, 11) is 0. The van der Waals surface area contributed by atoms with Crippen LogP contribution >= 0.6 is 0 Å². The molecule has 2 saturated heterocycles. The van der Waals surface area contributed by atoms with E-state index in [2.05, 4.69) is 5.32 Å². The van der Waals surface area contributed by atoms with Crippen molar-refractivity contribution in [2.45, 2.75) is 51.5 Å². The molecular formula is C22H28FN5O6. The maximum absolute atomic E-state index is 15.0. The van der Waals surface area contributed by atoms with Gasteiger partial charge in [0.25, 0.3) is 5.56 Å². The van der Waals surface area contributed by atoms with Crippen LogP contribution < -0.4 is 22.3 Å². The summed E-state index contributed by atoms with van der Waals surface area (Å²) in [4.78, 5) is 51.8. The topological polar surface area (TPSA) is 138 Å². The number of nitrogens with zero attached hydrogens (tertiary/aromatic N) is 3. The molecule has 0 aliphatic carbocycles. The molecule has 2 aliphatic heterocycles. The van der Waals surface area contributed by atoms with Gasteiger partial charge in [-0.1, -0.05) is 0 Å². The summed E-state index contributed by atoms with van der Waals surface area (Å²) in [5.41, 5.74) is 4.06. The lowest BCUT2D eigenvalue weighted by molar-refractivity contribution is -0.133. The number of nitrogens with two attached hydrogens (primary N) is 1. The van der Waals surface area contributed by atoms with Gasteiger partial charge in [-0.25, -0.2) is 14.0 Å². The molecule has 4 rings (SSSR count). The Morgan fingerprint density at radius 3 is 2.65 bits per heavy atom. The van der Waals surface area contributed by atoms with Crippen LogP contribution in [0.2, 0.25) is 0 Å². The zero-order valence-corrected chi connectivity index (χ0v) is 19.1. The molecule has 11 nitrogen and oxygen atoms in total. The minimum atomic E-state index is -0.952. The Bertz CT molecular complexity index is 1230. The van der Waals surface area contributed by atoms with Gasteiger partial charge in [-0.2, -0.15) is 0 Å². The lowest BCUT2D eigenvalue weighted by Crippen LogP contribution is -2.51. The molecule has 0 bridgehead atoms. The number of fused-ring (bicyclic) bond motifs is 1. The van der Waals surface area contributed by atoms with Crippen molar-refractivity contribution in [2.24, 2.45) is 5.73 Å². The number of amides is 3. The minimum Gasteiger partial charge on any atom is -0.376 e. The number of aromatic nitrogens is 2. The van der Waals surface area contributed by atoms with Crippen LogP contribution in [0.1, 0.15) is 32.7 Å². The fourth-order valence-corrected chi connectivity index (χ4v) is 4.35. The van der Waals surface area contributed by atoms with Gasteiger partial charge in [0.15, 0.2) is 6.10 Å². The van der Waals surface area contributed by atoms with E-state index in [4.69, 9.17) is 15.2 Å². The first kappa shape index (κ1) is 23.9. The van der Waals surface area contributed by atoms with Crippen molar-refractivity contribution in [3.8, 4) is 0 Å². The zero-order valence-electron chi connectivity index (χ0n) is 19.1. The Balaban J connectivity index is 1.72. The number of nitrogens with one attached hydrogen (secondary N) is 1. The van der Waals surface area contributed by atoms with Crippen molar-refractivity contribution in [2.75, 3.05) is 31.6 Å². The fraction of sp³-hybridized carbons (Fsp3) is 0.545. The van der Waals surface area contributed by atoms with Crippen LogP contribution in [-0.4, -0.2) is 64.5 Å². The van der Waals surface area contributed by atoms with Crippen molar-refractivity contribution in [3.05, 3.63) is 38.8 Å². The standard InChI is InChI=1S/C22H28FN5O6/c1-12(2)28-17-9-15(23)16(25-21(31)26-5-7-34-18(11-26)19(24)29)8-14(17)20(30)27(22(28)32)10-13-4-3-6-33-13/h8-9,12-13,18H,3-7,10-11H2,1-2H3,(H2,24,29)(H,25,31)/t13-,18?/m0/s1. The lowest BCUT2D eigenvalue weighted by Gasteiger charge is -2.31. The van der Waals surface area contributed by atoms with E-state index in [0.29, 0.717) is 6.61 Å². The van der Waals surface area contributed by atoms with Crippen molar-refractivity contribution < 1.29 is 23.5 Å². The molecule has 2 aliphatic rings. The number of morpholine rings is 1. The van der Waals surface area contributed by atoms with Gasteiger partial charge in [-0.05, 0) is 32.8 Å². The normalized spacial score (nSPS) is 20.8. The zero-order chi connectivity index (χ0) is 24.6. The molecule has 2 atom stereocenters. The SMILES string of the molecule is CC(C)n1c(=O)n(C[C@@H]2CCCO2)c(=O)c2cc(NC(=O)N3CCOC(C(N)=O)C3)c(F)cc21. The molecule has 0 radical (unpaired) electrons. The monoisotopic (exact) mass is 477 g/mol. The van der Waals surface area contributed by atoms with Gasteiger partial charge in [0, 0.05) is 25.3 Å². The second-order valence-corrected chi connectivity index (χ2v) is 8.78. The van der Waals surface area contributed by atoms with Gasteiger partial charge in [-0.3, -0.25) is 18.7 Å². The average molecular weight is 477 g/mol. The highest BCUT2D eigenvalue weighted by Gasteiger charge is 2.29. The molecule has 2 aromatic rings. The Kier molecular flexibility index (Phi) is 6.71. The van der Waals surface area contributed by atoms with Gasteiger partial charge in [-0.15, -0.1) is 0 Å². The number of hydrogen-bond acceptors (Lipinski definition) is 6. The number of benzene rings is 1. The number of urea groups is 1. The Hall–Kier alpha value is -3.25. The molecule has 1 aromatic heterocycles. The first-order chi connectivity index (χ1) is 16.2. The predicted molar refractivity (Wildman–Crippen MR) is 121 cm³/mol. The maximum atomic E-state index is 15.0. The van der Waals surface area contributed by atoms with E-state index >= 15 is 4.39 Å². The Labute approximate surface area is 194 Å². The van der Waals surface area contributed by atoms with E-state index in [9.17, 15) is 19.2 Å². The first-order valence-electron chi connectivity index (χ1n) is 11.2. The van der Waals surface area contributed by atoms with Crippen LogP contribution in [-0.2, 0) is 20.8 Å². The molecule has 184 valence electrons. The lowest BCUT2D eigenvalue weighted by atomic mass is 10.1. The number of anilines is 1. The van der Waals surface area contributed by atoms with Crippen LogP contribution in [0.5, 0.6) is 0 Å². The highest BCUT2D eigenvalue weighted by molar-refractivity contribution is 5.93. The molecule has 12 heteroatoms. The smallest absolute Gasteiger partial charge is 0.331 e. The van der Waals surface area contributed by atoms with E-state index in [0.717, 1.165) is 23.5 Å². The predicted octanol–water partition coefficient (Wildman–Crippen LogP) is 0.780. The fourth-order valence-electron chi connectivity index (χ4n) is 4.35. The van der Waals surface area contributed by atoms with Crippen molar-refractivity contribution in [1.82, 2.24) is 14.0 Å². The summed E-state index contributed by atoms with van der Waals surface area (Å²) in [6, 6.07) is 1.31. The molecule has 0 saturated carbocycles. The van der Waals surface area contributed by atoms with Gasteiger partial charge in [0.2, 0.25) is 5.91 Å². The Morgan fingerprint density at radius 1 is 1.24 bits per heavy atom. The van der Waals surface area contributed by atoms with Crippen LogP contribution in [0.15, 0.2) is 21.7 Å². The molecule has 2 fully saturated rings. The van der Waals surface area contributed by atoms with E-state index < -0.39 is 35.1 Å². The molecule has 1 unspecified atom stereocenters. The molecule has 0 spiro atoms. The molecule has 34 heavy (non-hydrogen) atoms. The van der Waals surface area contributed by atoms with Gasteiger partial charge < -0.3 is 25.4 Å². The van der Waals surface area contributed by atoms with Crippen molar-refractivity contribution >= 4 is 28.5 Å².